The molecular formula is C11H20NO5PS. The highest BCUT2D eigenvalue weighted by molar-refractivity contribution is 8.01. The molecule has 0 aliphatic rings. The number of hydrogen-bond donors (Lipinski definition) is 2. The Bertz CT molecular complexity index is 414. The van der Waals surface area contributed by atoms with E-state index in [4.69, 9.17) is 21.1 Å². The highest BCUT2D eigenvalue weighted by atomic mass is 32.2. The predicted molar refractivity (Wildman–Crippen MR) is 75.1 cm³/mol. The summed E-state index contributed by atoms with van der Waals surface area (Å²) in [5.74, 6) is -0.357. The van der Waals surface area contributed by atoms with Crippen molar-refractivity contribution in [1.29, 1.82) is 0 Å². The van der Waals surface area contributed by atoms with Crippen LogP contribution in [-0.2, 0) is 14.1 Å². The summed E-state index contributed by atoms with van der Waals surface area (Å²) in [6, 6.07) is 0. The summed E-state index contributed by atoms with van der Waals surface area (Å²) in [6.07, 6.45) is -0.0509. The van der Waals surface area contributed by atoms with Crippen LogP contribution in [-0.4, -0.2) is 45.1 Å². The maximum atomic E-state index is 11.8. The first-order chi connectivity index (χ1) is 8.46. The van der Waals surface area contributed by atoms with E-state index < -0.39 is 23.9 Å². The van der Waals surface area contributed by atoms with E-state index in [1.165, 1.54) is 7.11 Å². The first kappa shape index (κ1) is 18.5. The summed E-state index contributed by atoms with van der Waals surface area (Å²) in [5, 5.41) is 0. The summed E-state index contributed by atoms with van der Waals surface area (Å²) in [4.78, 5) is 32.9. The van der Waals surface area contributed by atoms with Crippen LogP contribution in [0.2, 0.25) is 0 Å². The Morgan fingerprint density at radius 3 is 2.32 bits per heavy atom. The van der Waals surface area contributed by atoms with Crippen molar-refractivity contribution in [2.75, 3.05) is 19.0 Å². The Morgan fingerprint density at radius 2 is 1.95 bits per heavy atom. The molecule has 0 amide bonds. The number of carbonyl (C=O) groups excluding carboxylic acids is 1. The van der Waals surface area contributed by atoms with Crippen LogP contribution in [0.3, 0.4) is 0 Å². The normalized spacial score (nSPS) is 15.4. The summed E-state index contributed by atoms with van der Waals surface area (Å²) in [7, 11) is -2.82. The van der Waals surface area contributed by atoms with Gasteiger partial charge in [0, 0.05) is 19.6 Å². The standard InChI is InChI=1S/C11H20NO5PS/c1-10(2,12-4)8-11(3,9(13)17-5)19-7-6-18(14,15)16/h6-8H2,1-3,5H3,(H2,14,15,16). The van der Waals surface area contributed by atoms with E-state index in [1.807, 2.05) is 0 Å². The molecule has 0 rings (SSSR count). The van der Waals surface area contributed by atoms with E-state index in [0.29, 0.717) is 0 Å². The molecule has 19 heavy (non-hydrogen) atoms. The van der Waals surface area contributed by atoms with E-state index in [0.717, 1.165) is 11.8 Å². The molecule has 1 unspecified atom stereocenters. The van der Waals surface area contributed by atoms with E-state index in [1.54, 1.807) is 20.8 Å². The average Bonchev–Trinajstić information content (AvgIpc) is 2.25. The number of esters is 1. The lowest BCUT2D eigenvalue weighted by molar-refractivity contribution is -0.143. The van der Waals surface area contributed by atoms with Gasteiger partial charge in [-0.1, -0.05) is 0 Å². The smallest absolute Gasteiger partial charge is 0.326 e. The van der Waals surface area contributed by atoms with Crippen molar-refractivity contribution in [2.24, 2.45) is 0 Å². The van der Waals surface area contributed by atoms with Crippen molar-refractivity contribution in [3.05, 3.63) is 11.4 Å². The molecule has 1 atom stereocenters. The van der Waals surface area contributed by atoms with Crippen LogP contribution in [0, 0.1) is 6.57 Å². The Balaban J connectivity index is 4.86. The molecule has 0 aromatic heterocycles. The van der Waals surface area contributed by atoms with Crippen molar-refractivity contribution in [1.82, 2.24) is 0 Å². The average molecular weight is 309 g/mol. The minimum absolute atomic E-state index is 0.129. The van der Waals surface area contributed by atoms with Crippen molar-refractivity contribution in [2.45, 2.75) is 37.5 Å². The molecule has 0 heterocycles. The van der Waals surface area contributed by atoms with Crippen molar-refractivity contribution < 1.29 is 23.9 Å². The number of ether oxygens (including phenoxy) is 1. The molecule has 0 aromatic carbocycles. The number of nitrogens with zero attached hydrogens (tertiary/aromatic N) is 1. The van der Waals surface area contributed by atoms with Gasteiger partial charge in [-0.05, 0) is 6.92 Å². The topological polar surface area (TPSA) is 88.2 Å². The molecule has 8 heteroatoms. The van der Waals surface area contributed by atoms with Gasteiger partial charge >= 0.3 is 13.6 Å². The quantitative estimate of drug-likeness (QED) is 0.424. The third-order valence-electron chi connectivity index (χ3n) is 2.49. The van der Waals surface area contributed by atoms with Gasteiger partial charge in [0.25, 0.3) is 0 Å². The second kappa shape index (κ2) is 6.76. The second-order valence-corrected chi connectivity index (χ2v) is 8.43. The highest BCUT2D eigenvalue weighted by Crippen LogP contribution is 2.40. The molecule has 0 fully saturated rings. The fraction of sp³-hybridized carbons (Fsp3) is 0.818. The summed E-state index contributed by atoms with van der Waals surface area (Å²) in [5.41, 5.74) is -0.738. The summed E-state index contributed by atoms with van der Waals surface area (Å²) in [6.45, 7) is 12.2. The molecule has 0 bridgehead atoms. The van der Waals surface area contributed by atoms with Gasteiger partial charge in [0.15, 0.2) is 0 Å². The van der Waals surface area contributed by atoms with Crippen molar-refractivity contribution in [3.63, 3.8) is 0 Å². The van der Waals surface area contributed by atoms with Crippen LogP contribution in [0.5, 0.6) is 0 Å². The predicted octanol–water partition coefficient (Wildman–Crippen LogP) is 1.92. The molecule has 0 radical (unpaired) electrons. The van der Waals surface area contributed by atoms with Gasteiger partial charge in [-0.3, -0.25) is 9.36 Å². The molecule has 0 aromatic rings. The van der Waals surface area contributed by atoms with E-state index >= 15 is 0 Å². The lowest BCUT2D eigenvalue weighted by Crippen LogP contribution is -2.39. The molecule has 0 aliphatic carbocycles. The molecule has 0 spiro atoms. The molecule has 0 saturated heterocycles. The molecule has 110 valence electrons. The van der Waals surface area contributed by atoms with Crippen LogP contribution < -0.4 is 0 Å². The summed E-state index contributed by atoms with van der Waals surface area (Å²) < 4.78 is 14.6. The van der Waals surface area contributed by atoms with Gasteiger partial charge in [-0.25, -0.2) is 6.57 Å². The number of hydrogen-bond acceptors (Lipinski definition) is 4. The monoisotopic (exact) mass is 309 g/mol. The zero-order valence-corrected chi connectivity index (χ0v) is 13.3. The first-order valence-corrected chi connectivity index (χ1v) is 8.40. The van der Waals surface area contributed by atoms with Crippen LogP contribution in [0.25, 0.3) is 4.85 Å². The van der Waals surface area contributed by atoms with Gasteiger partial charge < -0.3 is 19.4 Å². The van der Waals surface area contributed by atoms with Crippen LogP contribution in [0.15, 0.2) is 0 Å². The zero-order chi connectivity index (χ0) is 15.3. The lowest BCUT2D eigenvalue weighted by atomic mass is 9.92. The Labute approximate surface area is 117 Å². The maximum absolute atomic E-state index is 11.8. The second-order valence-electron chi connectivity index (χ2n) is 5.06. The Kier molecular flexibility index (Phi) is 6.56. The number of thioether (sulfide) groups is 1. The molecule has 0 saturated carbocycles. The minimum atomic E-state index is -4.08. The molecule has 0 aliphatic heterocycles. The largest absolute Gasteiger partial charge is 0.468 e. The van der Waals surface area contributed by atoms with Gasteiger partial charge in [-0.2, -0.15) is 0 Å². The zero-order valence-electron chi connectivity index (χ0n) is 11.5. The van der Waals surface area contributed by atoms with E-state index in [9.17, 15) is 9.36 Å². The minimum Gasteiger partial charge on any atom is -0.468 e. The molecule has 2 N–H and O–H groups in total. The maximum Gasteiger partial charge on any atom is 0.326 e. The number of rotatable bonds is 7. The Hall–Kier alpha value is -0.540. The van der Waals surface area contributed by atoms with E-state index in [-0.39, 0.29) is 18.3 Å². The fourth-order valence-electron chi connectivity index (χ4n) is 1.65. The van der Waals surface area contributed by atoms with Gasteiger partial charge in [0.1, 0.15) is 4.75 Å². The third-order valence-corrected chi connectivity index (χ3v) is 4.96. The lowest BCUT2D eigenvalue weighted by Gasteiger charge is -2.28. The summed E-state index contributed by atoms with van der Waals surface area (Å²) >= 11 is 1.12. The first-order valence-electron chi connectivity index (χ1n) is 5.61. The van der Waals surface area contributed by atoms with Crippen molar-refractivity contribution >= 4 is 25.3 Å². The van der Waals surface area contributed by atoms with Crippen LogP contribution >= 0.6 is 19.4 Å². The molecule has 6 nitrogen and oxygen atoms in total. The number of methoxy groups -OCH3 is 1. The van der Waals surface area contributed by atoms with Gasteiger partial charge in [0.05, 0.1) is 19.7 Å². The van der Waals surface area contributed by atoms with E-state index in [2.05, 4.69) is 4.85 Å². The van der Waals surface area contributed by atoms with Gasteiger partial charge in [-0.15, -0.1) is 11.8 Å². The van der Waals surface area contributed by atoms with Crippen LogP contribution in [0.4, 0.5) is 0 Å². The van der Waals surface area contributed by atoms with Crippen LogP contribution in [0.1, 0.15) is 27.2 Å². The SMILES string of the molecule is [C-]#[N+]C(C)(C)CC(C)(SCCP(=O)(O)O)C(=O)OC. The highest BCUT2D eigenvalue weighted by Gasteiger charge is 2.43. The number of carbonyl (C=O) groups is 1. The fourth-order valence-corrected chi connectivity index (χ4v) is 4.08. The third kappa shape index (κ3) is 6.98. The van der Waals surface area contributed by atoms with Crippen molar-refractivity contribution in [3.8, 4) is 0 Å². The Morgan fingerprint density at radius 1 is 1.42 bits per heavy atom. The molecular weight excluding hydrogens is 289 g/mol. The van der Waals surface area contributed by atoms with Gasteiger partial charge in [0.2, 0.25) is 5.54 Å².